The highest BCUT2D eigenvalue weighted by Crippen LogP contribution is 2.25. The van der Waals surface area contributed by atoms with Crippen molar-refractivity contribution in [1.82, 2.24) is 5.32 Å². The van der Waals surface area contributed by atoms with E-state index < -0.39 is 0 Å². The molecular weight excluding hydrogens is 212 g/mol. The standard InChI is InChI=1S/C14H26N2O/c15-13-8-4-7-12(9-13)14(17)16-10-11-5-2-1-3-6-11/h11-13H,1-10,15H2,(H,16,17). The zero-order chi connectivity index (χ0) is 12.1. The van der Waals surface area contributed by atoms with Crippen LogP contribution in [-0.2, 0) is 4.79 Å². The molecule has 0 aromatic carbocycles. The molecule has 0 aromatic heterocycles. The third kappa shape index (κ3) is 3.98. The van der Waals surface area contributed by atoms with E-state index in [4.69, 9.17) is 5.73 Å². The van der Waals surface area contributed by atoms with Crippen LogP contribution in [0, 0.1) is 11.8 Å². The van der Waals surface area contributed by atoms with Gasteiger partial charge < -0.3 is 11.1 Å². The van der Waals surface area contributed by atoms with Crippen LogP contribution in [-0.4, -0.2) is 18.5 Å². The maximum atomic E-state index is 12.0. The van der Waals surface area contributed by atoms with Crippen LogP contribution in [0.3, 0.4) is 0 Å². The molecule has 0 aliphatic heterocycles. The molecule has 0 saturated heterocycles. The number of hydrogen-bond acceptors (Lipinski definition) is 2. The molecule has 2 aliphatic carbocycles. The Morgan fingerprint density at radius 1 is 1.06 bits per heavy atom. The lowest BCUT2D eigenvalue weighted by Gasteiger charge is -2.27. The predicted octanol–water partition coefficient (Wildman–Crippen LogP) is 2.20. The van der Waals surface area contributed by atoms with Crippen LogP contribution >= 0.6 is 0 Å². The van der Waals surface area contributed by atoms with Crippen LogP contribution in [0.5, 0.6) is 0 Å². The molecule has 3 heteroatoms. The monoisotopic (exact) mass is 238 g/mol. The van der Waals surface area contributed by atoms with E-state index in [1.807, 2.05) is 0 Å². The van der Waals surface area contributed by atoms with Gasteiger partial charge in [0.15, 0.2) is 0 Å². The number of nitrogens with two attached hydrogens (primary N) is 1. The topological polar surface area (TPSA) is 55.1 Å². The highest BCUT2D eigenvalue weighted by Gasteiger charge is 2.25. The second-order valence-corrected chi connectivity index (χ2v) is 5.87. The summed E-state index contributed by atoms with van der Waals surface area (Å²) in [5, 5.41) is 3.15. The van der Waals surface area contributed by atoms with E-state index in [2.05, 4.69) is 5.32 Å². The summed E-state index contributed by atoms with van der Waals surface area (Å²) in [5.41, 5.74) is 5.92. The van der Waals surface area contributed by atoms with Crippen molar-refractivity contribution in [3.63, 3.8) is 0 Å². The molecule has 0 spiro atoms. The molecule has 0 heterocycles. The Hall–Kier alpha value is -0.570. The van der Waals surface area contributed by atoms with Gasteiger partial charge in [0.05, 0.1) is 0 Å². The van der Waals surface area contributed by atoms with Gasteiger partial charge >= 0.3 is 0 Å². The SMILES string of the molecule is NC1CCCC(C(=O)NCC2CCCCC2)C1. The van der Waals surface area contributed by atoms with Crippen molar-refractivity contribution in [3.8, 4) is 0 Å². The van der Waals surface area contributed by atoms with Crippen LogP contribution in [0.2, 0.25) is 0 Å². The summed E-state index contributed by atoms with van der Waals surface area (Å²) in [6, 6.07) is 0.245. The summed E-state index contributed by atoms with van der Waals surface area (Å²) in [4.78, 5) is 12.0. The largest absolute Gasteiger partial charge is 0.356 e. The van der Waals surface area contributed by atoms with Gasteiger partial charge in [0, 0.05) is 18.5 Å². The van der Waals surface area contributed by atoms with Crippen LogP contribution < -0.4 is 11.1 Å². The summed E-state index contributed by atoms with van der Waals surface area (Å²) in [6.45, 7) is 0.893. The number of carbonyl (C=O) groups excluding carboxylic acids is 1. The third-order valence-corrected chi connectivity index (χ3v) is 4.38. The normalized spacial score (nSPS) is 31.1. The van der Waals surface area contributed by atoms with Gasteiger partial charge in [-0.25, -0.2) is 0 Å². The zero-order valence-electron chi connectivity index (χ0n) is 10.8. The summed E-state index contributed by atoms with van der Waals surface area (Å²) in [7, 11) is 0. The van der Waals surface area contributed by atoms with E-state index in [1.54, 1.807) is 0 Å². The Balaban J connectivity index is 1.69. The molecule has 17 heavy (non-hydrogen) atoms. The first-order chi connectivity index (χ1) is 8.25. The molecule has 2 rings (SSSR count). The lowest BCUT2D eigenvalue weighted by molar-refractivity contribution is -0.126. The minimum atomic E-state index is 0.183. The molecule has 3 N–H and O–H groups in total. The first kappa shape index (κ1) is 12.9. The molecule has 2 saturated carbocycles. The molecule has 2 aliphatic rings. The molecule has 0 aromatic rings. The number of carbonyl (C=O) groups is 1. The van der Waals surface area contributed by atoms with Crippen molar-refractivity contribution in [2.24, 2.45) is 17.6 Å². The van der Waals surface area contributed by atoms with Gasteiger partial charge in [0.25, 0.3) is 0 Å². The molecule has 2 atom stereocenters. The Bertz CT molecular complexity index is 249. The van der Waals surface area contributed by atoms with Crippen molar-refractivity contribution in [3.05, 3.63) is 0 Å². The van der Waals surface area contributed by atoms with Gasteiger partial charge in [-0.3, -0.25) is 4.79 Å². The Labute approximate surface area is 105 Å². The maximum absolute atomic E-state index is 12.0. The van der Waals surface area contributed by atoms with Crippen molar-refractivity contribution in [2.75, 3.05) is 6.54 Å². The lowest BCUT2D eigenvalue weighted by atomic mass is 9.85. The third-order valence-electron chi connectivity index (χ3n) is 4.38. The van der Waals surface area contributed by atoms with E-state index in [0.717, 1.165) is 38.1 Å². The highest BCUT2D eigenvalue weighted by atomic mass is 16.1. The van der Waals surface area contributed by atoms with E-state index in [0.29, 0.717) is 0 Å². The maximum Gasteiger partial charge on any atom is 0.223 e. The van der Waals surface area contributed by atoms with Gasteiger partial charge in [-0.1, -0.05) is 25.7 Å². The molecule has 3 nitrogen and oxygen atoms in total. The van der Waals surface area contributed by atoms with Crippen molar-refractivity contribution >= 4 is 5.91 Å². The molecule has 98 valence electrons. The average Bonchev–Trinajstić information content (AvgIpc) is 2.37. The number of hydrogen-bond donors (Lipinski definition) is 2. The first-order valence-corrected chi connectivity index (χ1v) is 7.29. The molecular formula is C14H26N2O. The van der Waals surface area contributed by atoms with Gasteiger partial charge in [-0.2, -0.15) is 0 Å². The van der Waals surface area contributed by atoms with Gasteiger partial charge in [-0.15, -0.1) is 0 Å². The summed E-state index contributed by atoms with van der Waals surface area (Å²) >= 11 is 0. The second kappa shape index (κ2) is 6.39. The number of amides is 1. The minimum absolute atomic E-state index is 0.183. The van der Waals surface area contributed by atoms with Crippen LogP contribution in [0.25, 0.3) is 0 Å². The average molecular weight is 238 g/mol. The number of rotatable bonds is 3. The molecule has 2 unspecified atom stereocenters. The summed E-state index contributed by atoms with van der Waals surface area (Å²) in [6.07, 6.45) is 10.8. The van der Waals surface area contributed by atoms with E-state index in [1.165, 1.54) is 32.1 Å². The molecule has 0 bridgehead atoms. The second-order valence-electron chi connectivity index (χ2n) is 5.87. The summed E-state index contributed by atoms with van der Waals surface area (Å²) < 4.78 is 0. The fourth-order valence-electron chi connectivity index (χ4n) is 3.25. The van der Waals surface area contributed by atoms with E-state index >= 15 is 0 Å². The predicted molar refractivity (Wildman–Crippen MR) is 69.5 cm³/mol. The zero-order valence-corrected chi connectivity index (χ0v) is 10.8. The molecule has 2 fully saturated rings. The van der Waals surface area contributed by atoms with Crippen LogP contribution in [0.1, 0.15) is 57.8 Å². The quantitative estimate of drug-likeness (QED) is 0.792. The van der Waals surface area contributed by atoms with Gasteiger partial charge in [0.2, 0.25) is 5.91 Å². The fourth-order valence-corrected chi connectivity index (χ4v) is 3.25. The Morgan fingerprint density at radius 3 is 2.53 bits per heavy atom. The van der Waals surface area contributed by atoms with Crippen LogP contribution in [0.4, 0.5) is 0 Å². The van der Waals surface area contributed by atoms with Crippen molar-refractivity contribution in [2.45, 2.75) is 63.8 Å². The smallest absolute Gasteiger partial charge is 0.223 e. The van der Waals surface area contributed by atoms with Gasteiger partial charge in [-0.05, 0) is 38.0 Å². The summed E-state index contributed by atoms with van der Waals surface area (Å²) in [5.74, 6) is 1.16. The Morgan fingerprint density at radius 2 is 1.82 bits per heavy atom. The first-order valence-electron chi connectivity index (χ1n) is 7.29. The van der Waals surface area contributed by atoms with Gasteiger partial charge in [0.1, 0.15) is 0 Å². The fraction of sp³-hybridized carbons (Fsp3) is 0.929. The Kier molecular flexibility index (Phi) is 4.84. The highest BCUT2D eigenvalue weighted by molar-refractivity contribution is 5.78. The van der Waals surface area contributed by atoms with E-state index in [-0.39, 0.29) is 17.9 Å². The number of nitrogens with one attached hydrogen (secondary N) is 1. The lowest BCUT2D eigenvalue weighted by Crippen LogP contribution is -2.39. The van der Waals surface area contributed by atoms with E-state index in [9.17, 15) is 4.79 Å². The minimum Gasteiger partial charge on any atom is -0.356 e. The van der Waals surface area contributed by atoms with Crippen molar-refractivity contribution in [1.29, 1.82) is 0 Å². The van der Waals surface area contributed by atoms with Crippen LogP contribution in [0.15, 0.2) is 0 Å². The molecule has 0 radical (unpaired) electrons. The molecule has 1 amide bonds. The van der Waals surface area contributed by atoms with Crippen molar-refractivity contribution < 1.29 is 4.79 Å².